The SMILES string of the molecule is CC(=O)OC(CC[PH](=O)COCC(C)C)OC(C)=O. The van der Waals surface area contributed by atoms with Crippen molar-refractivity contribution in [2.75, 3.05) is 19.1 Å². The molecule has 1 atom stereocenters. The monoisotopic (exact) mass is 294 g/mol. The van der Waals surface area contributed by atoms with Crippen molar-refractivity contribution in [3.05, 3.63) is 0 Å². The van der Waals surface area contributed by atoms with Crippen molar-refractivity contribution in [2.45, 2.75) is 40.4 Å². The molecule has 0 fully saturated rings. The zero-order valence-corrected chi connectivity index (χ0v) is 12.9. The van der Waals surface area contributed by atoms with Crippen LogP contribution in [0, 0.1) is 5.92 Å². The molecule has 0 aliphatic rings. The quantitative estimate of drug-likeness (QED) is 0.368. The Labute approximate surface area is 114 Å². The summed E-state index contributed by atoms with van der Waals surface area (Å²) < 4.78 is 26.6. The van der Waals surface area contributed by atoms with Gasteiger partial charge < -0.3 is 18.8 Å². The maximum atomic E-state index is 11.7. The van der Waals surface area contributed by atoms with E-state index in [4.69, 9.17) is 14.2 Å². The number of rotatable bonds is 9. The van der Waals surface area contributed by atoms with Crippen molar-refractivity contribution in [3.63, 3.8) is 0 Å². The Morgan fingerprint density at radius 3 is 2.05 bits per heavy atom. The van der Waals surface area contributed by atoms with Gasteiger partial charge in [0.1, 0.15) is 7.80 Å². The molecule has 0 aromatic heterocycles. The molecule has 0 aliphatic carbocycles. The number of esters is 2. The van der Waals surface area contributed by atoms with Gasteiger partial charge in [0.25, 0.3) is 0 Å². The van der Waals surface area contributed by atoms with Crippen molar-refractivity contribution in [2.24, 2.45) is 5.92 Å². The maximum Gasteiger partial charge on any atom is 0.305 e. The van der Waals surface area contributed by atoms with Crippen LogP contribution in [0.2, 0.25) is 0 Å². The van der Waals surface area contributed by atoms with Gasteiger partial charge in [0.05, 0.1) is 6.35 Å². The van der Waals surface area contributed by atoms with Crippen LogP contribution in [0.25, 0.3) is 0 Å². The fourth-order valence-electron chi connectivity index (χ4n) is 1.27. The third kappa shape index (κ3) is 11.9. The first-order valence-electron chi connectivity index (χ1n) is 6.25. The summed E-state index contributed by atoms with van der Waals surface area (Å²) in [5.41, 5.74) is 0. The molecule has 0 rings (SSSR count). The Kier molecular flexibility index (Phi) is 9.53. The lowest BCUT2D eigenvalue weighted by molar-refractivity contribution is -0.184. The van der Waals surface area contributed by atoms with E-state index in [1.807, 2.05) is 13.8 Å². The lowest BCUT2D eigenvalue weighted by Crippen LogP contribution is -2.23. The predicted molar refractivity (Wildman–Crippen MR) is 71.5 cm³/mol. The molecule has 7 heteroatoms. The van der Waals surface area contributed by atoms with Crippen LogP contribution in [0.1, 0.15) is 34.1 Å². The van der Waals surface area contributed by atoms with Gasteiger partial charge in [0.15, 0.2) is 0 Å². The van der Waals surface area contributed by atoms with E-state index in [0.29, 0.717) is 18.7 Å². The molecular weight excluding hydrogens is 271 g/mol. The van der Waals surface area contributed by atoms with E-state index in [0.717, 1.165) is 0 Å². The van der Waals surface area contributed by atoms with Gasteiger partial charge in [-0.3, -0.25) is 9.59 Å². The van der Waals surface area contributed by atoms with Crippen LogP contribution in [0.4, 0.5) is 0 Å². The number of hydrogen-bond acceptors (Lipinski definition) is 6. The summed E-state index contributed by atoms with van der Waals surface area (Å²) in [6, 6.07) is 0. The summed E-state index contributed by atoms with van der Waals surface area (Å²) in [4.78, 5) is 21.6. The van der Waals surface area contributed by atoms with Crippen molar-refractivity contribution >= 4 is 19.7 Å². The maximum absolute atomic E-state index is 11.7. The molecule has 0 aromatic rings. The second-order valence-electron chi connectivity index (χ2n) is 4.63. The standard InChI is InChI=1S/C12H23O6P/c1-9(2)7-16-8-19(15)6-5-12(17-10(3)13)18-11(4)14/h9,12,19H,5-8H2,1-4H3. The predicted octanol–water partition coefficient (Wildman–Crippen LogP) is 2.02. The molecular formula is C12H23O6P. The number of carbonyl (C=O) groups excluding carboxylic acids is 2. The second kappa shape index (κ2) is 9.98. The van der Waals surface area contributed by atoms with E-state index in [1.165, 1.54) is 13.8 Å². The van der Waals surface area contributed by atoms with Crippen molar-refractivity contribution in [1.82, 2.24) is 0 Å². The van der Waals surface area contributed by atoms with Crippen LogP contribution in [0.5, 0.6) is 0 Å². The Bertz CT molecular complexity index is 299. The lowest BCUT2D eigenvalue weighted by Gasteiger charge is -2.16. The normalized spacial score (nSPS) is 12.5. The minimum atomic E-state index is -1.91. The molecule has 0 saturated carbocycles. The minimum Gasteiger partial charge on any atom is -0.425 e. The summed E-state index contributed by atoms with van der Waals surface area (Å²) in [7, 11) is -1.91. The number of hydrogen-bond donors (Lipinski definition) is 0. The van der Waals surface area contributed by atoms with Crippen LogP contribution in [-0.4, -0.2) is 37.3 Å². The van der Waals surface area contributed by atoms with Gasteiger partial charge in [-0.1, -0.05) is 13.8 Å². The Morgan fingerprint density at radius 2 is 1.63 bits per heavy atom. The van der Waals surface area contributed by atoms with E-state index < -0.39 is 26.0 Å². The molecule has 0 bridgehead atoms. The number of carbonyl (C=O) groups is 2. The van der Waals surface area contributed by atoms with Crippen molar-refractivity contribution < 1.29 is 28.4 Å². The third-order valence-electron chi connectivity index (χ3n) is 1.97. The van der Waals surface area contributed by atoms with Crippen LogP contribution >= 0.6 is 7.80 Å². The highest BCUT2D eigenvalue weighted by atomic mass is 31.1. The highest BCUT2D eigenvalue weighted by Crippen LogP contribution is 2.23. The van der Waals surface area contributed by atoms with Crippen LogP contribution in [-0.2, 0) is 28.4 Å². The largest absolute Gasteiger partial charge is 0.425 e. The molecule has 0 aliphatic heterocycles. The van der Waals surface area contributed by atoms with E-state index in [9.17, 15) is 14.2 Å². The topological polar surface area (TPSA) is 78.9 Å². The molecule has 1 unspecified atom stereocenters. The summed E-state index contributed by atoms with van der Waals surface area (Å²) >= 11 is 0. The van der Waals surface area contributed by atoms with Crippen LogP contribution in [0.15, 0.2) is 0 Å². The number of ether oxygens (including phenoxy) is 3. The molecule has 0 aromatic carbocycles. The molecule has 112 valence electrons. The Morgan fingerprint density at radius 1 is 1.11 bits per heavy atom. The van der Waals surface area contributed by atoms with E-state index in [-0.39, 0.29) is 12.8 Å². The van der Waals surface area contributed by atoms with Gasteiger partial charge in [0.2, 0.25) is 6.29 Å². The molecule has 19 heavy (non-hydrogen) atoms. The fourth-order valence-corrected chi connectivity index (χ4v) is 2.32. The Hall–Kier alpha value is -0.870. The van der Waals surface area contributed by atoms with Gasteiger partial charge in [0, 0.05) is 33.0 Å². The molecule has 6 nitrogen and oxygen atoms in total. The van der Waals surface area contributed by atoms with Crippen LogP contribution in [0.3, 0.4) is 0 Å². The second-order valence-corrected chi connectivity index (χ2v) is 6.50. The first-order chi connectivity index (χ1) is 8.81. The zero-order chi connectivity index (χ0) is 14.8. The molecule has 0 saturated heterocycles. The summed E-state index contributed by atoms with van der Waals surface area (Å²) in [5, 5.41) is 0. The molecule has 0 heterocycles. The summed E-state index contributed by atoms with van der Waals surface area (Å²) in [6.45, 7) is 7.04. The van der Waals surface area contributed by atoms with Gasteiger partial charge in [-0.2, -0.15) is 0 Å². The van der Waals surface area contributed by atoms with Gasteiger partial charge >= 0.3 is 11.9 Å². The molecule has 0 radical (unpaired) electrons. The smallest absolute Gasteiger partial charge is 0.305 e. The van der Waals surface area contributed by atoms with Gasteiger partial charge in [-0.05, 0) is 5.92 Å². The van der Waals surface area contributed by atoms with Gasteiger partial charge in [-0.15, -0.1) is 0 Å². The first-order valence-corrected chi connectivity index (χ1v) is 8.07. The average Bonchev–Trinajstić information content (AvgIpc) is 2.23. The lowest BCUT2D eigenvalue weighted by atomic mass is 10.2. The highest BCUT2D eigenvalue weighted by Gasteiger charge is 2.16. The van der Waals surface area contributed by atoms with E-state index in [1.54, 1.807) is 0 Å². The van der Waals surface area contributed by atoms with Crippen LogP contribution < -0.4 is 0 Å². The van der Waals surface area contributed by atoms with E-state index in [2.05, 4.69) is 0 Å². The summed E-state index contributed by atoms with van der Waals surface area (Å²) in [5.74, 6) is -0.686. The third-order valence-corrected chi connectivity index (χ3v) is 3.34. The Balaban J connectivity index is 3.98. The first kappa shape index (κ1) is 18.1. The molecule has 0 amide bonds. The summed E-state index contributed by atoms with van der Waals surface area (Å²) in [6.07, 6.45) is -0.222. The van der Waals surface area contributed by atoms with Crippen molar-refractivity contribution in [1.29, 1.82) is 0 Å². The van der Waals surface area contributed by atoms with Gasteiger partial charge in [-0.25, -0.2) is 0 Å². The molecule has 0 spiro atoms. The average molecular weight is 294 g/mol. The highest BCUT2D eigenvalue weighted by molar-refractivity contribution is 7.44. The van der Waals surface area contributed by atoms with Crippen molar-refractivity contribution in [3.8, 4) is 0 Å². The molecule has 0 N–H and O–H groups in total. The fraction of sp³-hybridized carbons (Fsp3) is 0.833. The zero-order valence-electron chi connectivity index (χ0n) is 11.9. The minimum absolute atomic E-state index is 0.204. The van der Waals surface area contributed by atoms with E-state index >= 15 is 0 Å².